The van der Waals surface area contributed by atoms with Gasteiger partial charge in [0.15, 0.2) is 5.65 Å². The molecule has 13 nitrogen and oxygen atoms in total. The van der Waals surface area contributed by atoms with E-state index in [4.69, 9.17) is 14.2 Å². The summed E-state index contributed by atoms with van der Waals surface area (Å²) in [4.78, 5) is 46.9. The zero-order valence-corrected chi connectivity index (χ0v) is 34.0. The number of H-pyrrole nitrogens is 1. The Balaban J connectivity index is 0.736. The molecule has 9 rings (SSSR count). The molecule has 2 aromatic carbocycles. The van der Waals surface area contributed by atoms with Gasteiger partial charge in [-0.2, -0.15) is 0 Å². The largest absolute Gasteiger partial charge is 0.490 e. The number of nitrogens with zero attached hydrogens (tertiary/aromatic N) is 7. The molecule has 2 amide bonds. The predicted octanol–water partition coefficient (Wildman–Crippen LogP) is 6.29. The average molecular weight is 837 g/mol. The fourth-order valence-corrected chi connectivity index (χ4v) is 9.57. The van der Waals surface area contributed by atoms with Crippen LogP contribution in [0.3, 0.4) is 0 Å². The van der Waals surface area contributed by atoms with Crippen molar-refractivity contribution in [1.82, 2.24) is 35.2 Å². The molecule has 57 heavy (non-hydrogen) atoms. The number of aromatic nitrogens is 4. The lowest BCUT2D eigenvalue weighted by Crippen LogP contribution is -2.48. The highest BCUT2D eigenvalue weighted by Crippen LogP contribution is 2.35. The normalized spacial score (nSPS) is 22.6. The first-order valence-corrected chi connectivity index (χ1v) is 21.2. The number of ether oxygens (including phenoxy) is 1. The number of carbonyl (C=O) groups is 2. The van der Waals surface area contributed by atoms with Gasteiger partial charge in [-0.05, 0) is 103 Å². The number of pyridine rings is 1. The lowest BCUT2D eigenvalue weighted by molar-refractivity contribution is -0.134. The van der Waals surface area contributed by atoms with E-state index in [1.807, 2.05) is 43.5 Å². The van der Waals surface area contributed by atoms with E-state index in [0.29, 0.717) is 18.8 Å². The Morgan fingerprint density at radius 1 is 0.860 bits per heavy atom. The van der Waals surface area contributed by atoms with Crippen LogP contribution in [0.2, 0.25) is 0 Å². The SMILES string of the molecule is Cc1cc(CN2CCN(c3c(Br)cnc4nc(-c5ccc(N6CCN(CC7CCC(Oc8ccc([C@H]9CCC(=O)NC9=O)cc8)CC7)CC6)cc5)[nH]c34)CC2)no1. The van der Waals surface area contributed by atoms with Gasteiger partial charge in [0, 0.05) is 95.4 Å². The first-order chi connectivity index (χ1) is 27.8. The molecule has 2 N–H and O–H groups in total. The molecule has 4 fully saturated rings. The van der Waals surface area contributed by atoms with Crippen LogP contribution in [0.4, 0.5) is 11.4 Å². The predicted molar refractivity (Wildman–Crippen MR) is 222 cm³/mol. The van der Waals surface area contributed by atoms with Crippen LogP contribution in [0.1, 0.15) is 61.5 Å². The van der Waals surface area contributed by atoms with Crippen LogP contribution < -0.4 is 19.9 Å². The Morgan fingerprint density at radius 2 is 1.58 bits per heavy atom. The highest BCUT2D eigenvalue weighted by Gasteiger charge is 2.29. The third-order valence-electron chi connectivity index (χ3n) is 12.2. The minimum absolute atomic E-state index is 0.185. The average Bonchev–Trinajstić information content (AvgIpc) is 3.85. The molecule has 4 aliphatic rings. The molecule has 1 atom stereocenters. The van der Waals surface area contributed by atoms with E-state index >= 15 is 0 Å². The number of amides is 2. The summed E-state index contributed by atoms with van der Waals surface area (Å²) in [6.07, 6.45) is 7.53. The lowest BCUT2D eigenvalue weighted by Gasteiger charge is -2.39. The molecular formula is C43H50BrN9O4. The number of benzene rings is 2. The molecule has 3 saturated heterocycles. The van der Waals surface area contributed by atoms with Crippen molar-refractivity contribution in [3.8, 4) is 17.1 Å². The van der Waals surface area contributed by atoms with Crippen LogP contribution in [0, 0.1) is 12.8 Å². The van der Waals surface area contributed by atoms with Crippen molar-refractivity contribution in [3.63, 3.8) is 0 Å². The van der Waals surface area contributed by atoms with E-state index in [1.54, 1.807) is 0 Å². The maximum Gasteiger partial charge on any atom is 0.234 e. The van der Waals surface area contributed by atoms with Crippen LogP contribution in [-0.2, 0) is 16.1 Å². The first kappa shape index (κ1) is 37.8. The molecule has 3 aromatic heterocycles. The van der Waals surface area contributed by atoms with Crippen LogP contribution in [0.25, 0.3) is 22.6 Å². The maximum absolute atomic E-state index is 12.3. The minimum Gasteiger partial charge on any atom is -0.490 e. The van der Waals surface area contributed by atoms with E-state index in [0.717, 1.165) is 134 Å². The number of rotatable bonds is 10. The Kier molecular flexibility index (Phi) is 11.0. The molecule has 14 heteroatoms. The topological polar surface area (TPSA) is 136 Å². The number of anilines is 2. The standard InChI is InChI=1S/C43H50BrN9O4/c1-28-24-32(49-57-28)27-51-18-22-53(23-19-51)40-37(44)25-45-42-39(40)47-41(48-42)31-4-8-33(9-5-31)52-20-16-50(17-21-52)26-29-2-10-34(11-3-29)56-35-12-6-30(7-13-35)36-14-15-38(54)46-43(36)55/h4-9,12-13,24-25,29,34,36H,2-3,10-11,14-23,26-27H2,1H3,(H,45,47,48)(H,46,54,55)/t29?,34?,36-/m1/s1. The van der Waals surface area contributed by atoms with Gasteiger partial charge in [-0.15, -0.1) is 0 Å². The number of nitrogens with one attached hydrogen (secondary N) is 2. The highest BCUT2D eigenvalue weighted by atomic mass is 79.9. The molecule has 0 spiro atoms. The quantitative estimate of drug-likeness (QED) is 0.154. The van der Waals surface area contributed by atoms with Gasteiger partial charge in [-0.3, -0.25) is 24.7 Å². The van der Waals surface area contributed by atoms with Gasteiger partial charge in [0.25, 0.3) is 0 Å². The van der Waals surface area contributed by atoms with Crippen molar-refractivity contribution in [3.05, 3.63) is 82.3 Å². The summed E-state index contributed by atoms with van der Waals surface area (Å²) in [6.45, 7) is 11.7. The summed E-state index contributed by atoms with van der Waals surface area (Å²) in [7, 11) is 0. The third kappa shape index (κ3) is 8.58. The van der Waals surface area contributed by atoms with E-state index in [9.17, 15) is 9.59 Å². The number of piperazine rings is 2. The Morgan fingerprint density at radius 3 is 2.28 bits per heavy atom. The van der Waals surface area contributed by atoms with Crippen LogP contribution >= 0.6 is 15.9 Å². The first-order valence-electron chi connectivity index (χ1n) is 20.4. The molecule has 0 unspecified atom stereocenters. The van der Waals surface area contributed by atoms with Gasteiger partial charge in [-0.1, -0.05) is 17.3 Å². The number of aryl methyl sites for hydroxylation is 1. The summed E-state index contributed by atoms with van der Waals surface area (Å²) in [5.74, 6) is 2.58. The second kappa shape index (κ2) is 16.6. The minimum atomic E-state index is -0.264. The monoisotopic (exact) mass is 835 g/mol. The molecule has 1 aliphatic carbocycles. The van der Waals surface area contributed by atoms with E-state index < -0.39 is 0 Å². The number of imidazole rings is 1. The molecule has 0 bridgehead atoms. The van der Waals surface area contributed by atoms with Gasteiger partial charge in [0.05, 0.1) is 27.9 Å². The zero-order chi connectivity index (χ0) is 38.9. The van der Waals surface area contributed by atoms with Crippen molar-refractivity contribution in [2.45, 2.75) is 64.0 Å². The second-order valence-electron chi connectivity index (χ2n) is 16.1. The van der Waals surface area contributed by atoms with Crippen LogP contribution in [-0.4, -0.2) is 107 Å². The van der Waals surface area contributed by atoms with Crippen LogP contribution in [0.5, 0.6) is 5.75 Å². The second-order valence-corrected chi connectivity index (χ2v) is 17.0. The van der Waals surface area contributed by atoms with Crippen molar-refractivity contribution in [1.29, 1.82) is 0 Å². The van der Waals surface area contributed by atoms with Gasteiger partial charge < -0.3 is 24.0 Å². The fraction of sp³-hybridized carbons (Fsp3) is 0.465. The molecule has 6 heterocycles. The van der Waals surface area contributed by atoms with E-state index in [-0.39, 0.29) is 23.8 Å². The van der Waals surface area contributed by atoms with Crippen molar-refractivity contribution in [2.75, 3.05) is 68.7 Å². The van der Waals surface area contributed by atoms with Crippen molar-refractivity contribution < 1.29 is 18.8 Å². The van der Waals surface area contributed by atoms with Crippen LogP contribution in [0.15, 0.2) is 69.8 Å². The highest BCUT2D eigenvalue weighted by molar-refractivity contribution is 9.10. The van der Waals surface area contributed by atoms with E-state index in [2.05, 4.69) is 80.2 Å². The van der Waals surface area contributed by atoms with E-state index in [1.165, 1.54) is 18.5 Å². The number of hydrogen-bond acceptors (Lipinski definition) is 11. The zero-order valence-electron chi connectivity index (χ0n) is 32.5. The number of halogens is 1. The Bertz CT molecular complexity index is 2180. The summed E-state index contributed by atoms with van der Waals surface area (Å²) >= 11 is 3.79. The molecule has 1 saturated carbocycles. The lowest BCUT2D eigenvalue weighted by atomic mass is 9.86. The smallest absolute Gasteiger partial charge is 0.234 e. The summed E-state index contributed by atoms with van der Waals surface area (Å²) < 4.78 is 12.6. The van der Waals surface area contributed by atoms with Crippen molar-refractivity contribution in [2.24, 2.45) is 5.92 Å². The molecule has 0 radical (unpaired) electrons. The molecular weight excluding hydrogens is 786 g/mol. The number of imide groups is 1. The van der Waals surface area contributed by atoms with Gasteiger partial charge in [0.1, 0.15) is 22.9 Å². The summed E-state index contributed by atoms with van der Waals surface area (Å²) in [5, 5.41) is 6.62. The third-order valence-corrected chi connectivity index (χ3v) is 12.8. The van der Waals surface area contributed by atoms with Gasteiger partial charge in [0.2, 0.25) is 11.8 Å². The number of piperidine rings is 1. The van der Waals surface area contributed by atoms with Crippen molar-refractivity contribution >= 4 is 50.3 Å². The Hall–Kier alpha value is -4.79. The fourth-order valence-electron chi connectivity index (χ4n) is 9.02. The molecule has 5 aromatic rings. The molecule has 298 valence electrons. The summed E-state index contributed by atoms with van der Waals surface area (Å²) in [5.41, 5.74) is 7.01. The number of aromatic amines is 1. The molecule has 3 aliphatic heterocycles. The number of hydrogen-bond donors (Lipinski definition) is 2. The Labute approximate surface area is 341 Å². The van der Waals surface area contributed by atoms with Gasteiger partial charge >= 0.3 is 0 Å². The van der Waals surface area contributed by atoms with Gasteiger partial charge in [-0.25, -0.2) is 9.97 Å². The summed E-state index contributed by atoms with van der Waals surface area (Å²) in [6, 6.07) is 18.7. The number of fused-ring (bicyclic) bond motifs is 1. The maximum atomic E-state index is 12.3. The number of carbonyl (C=O) groups excluding carboxylic acids is 2.